The van der Waals surface area contributed by atoms with Crippen LogP contribution in [0, 0.1) is 0 Å². The Morgan fingerprint density at radius 1 is 1.22 bits per heavy atom. The van der Waals surface area contributed by atoms with E-state index in [9.17, 15) is 0 Å². The van der Waals surface area contributed by atoms with Gasteiger partial charge in [-0.3, -0.25) is 0 Å². The van der Waals surface area contributed by atoms with Crippen LogP contribution in [-0.2, 0) is 12.8 Å². The smallest absolute Gasteiger partial charge is 0.116 e. The van der Waals surface area contributed by atoms with Gasteiger partial charge in [0.05, 0.1) is 10.7 Å². The van der Waals surface area contributed by atoms with Crippen molar-refractivity contribution >= 4 is 34.4 Å². The van der Waals surface area contributed by atoms with E-state index in [0.29, 0.717) is 5.92 Å². The Kier molecular flexibility index (Phi) is 3.93. The lowest BCUT2D eigenvalue weighted by Gasteiger charge is -2.06. The van der Waals surface area contributed by atoms with E-state index < -0.39 is 0 Å². The van der Waals surface area contributed by atoms with Gasteiger partial charge in [-0.05, 0) is 24.5 Å². The average molecular weight is 281 g/mol. The average Bonchev–Trinajstić information content (AvgIpc) is 2.64. The van der Waals surface area contributed by atoms with Crippen molar-refractivity contribution in [3.63, 3.8) is 0 Å². The number of benzene rings is 1. The van der Waals surface area contributed by atoms with E-state index >= 15 is 0 Å². The molecule has 1 aromatic heterocycles. The largest absolute Gasteiger partial charge is 0.345 e. The van der Waals surface area contributed by atoms with Gasteiger partial charge in [0.15, 0.2) is 0 Å². The minimum absolute atomic E-state index is 0. The van der Waals surface area contributed by atoms with Crippen LogP contribution in [0.2, 0.25) is 0 Å². The molecule has 0 aliphatic carbocycles. The van der Waals surface area contributed by atoms with E-state index in [1.165, 1.54) is 27.0 Å². The summed E-state index contributed by atoms with van der Waals surface area (Å²) in [6.07, 6.45) is 2.13. The predicted molar refractivity (Wildman–Crippen MR) is 80.6 cm³/mol. The molecule has 3 rings (SSSR count). The molecule has 0 atom stereocenters. The first-order chi connectivity index (χ1) is 8.24. The van der Waals surface area contributed by atoms with Gasteiger partial charge in [-0.15, -0.1) is 23.7 Å². The first kappa shape index (κ1) is 13.4. The van der Waals surface area contributed by atoms with Crippen LogP contribution in [0.25, 0.3) is 0 Å². The third-order valence-corrected chi connectivity index (χ3v) is 4.42. The van der Waals surface area contributed by atoms with E-state index in [1.807, 2.05) is 0 Å². The van der Waals surface area contributed by atoms with E-state index in [-0.39, 0.29) is 12.4 Å². The second-order valence-electron chi connectivity index (χ2n) is 4.76. The Balaban J connectivity index is 0.00000120. The summed E-state index contributed by atoms with van der Waals surface area (Å²) >= 11 is 1.80. The van der Waals surface area contributed by atoms with E-state index in [0.717, 1.165) is 12.8 Å². The van der Waals surface area contributed by atoms with Crippen LogP contribution in [0.3, 0.4) is 0 Å². The number of anilines is 2. The SMILES string of the molecule is CC(C)c1nc2c(s1)Nc1ccccc1CC2.Cl. The summed E-state index contributed by atoms with van der Waals surface area (Å²) in [4.78, 5) is 4.75. The molecule has 0 unspecified atom stereocenters. The molecule has 1 aliphatic rings. The zero-order valence-electron chi connectivity index (χ0n) is 10.6. The molecule has 0 saturated carbocycles. The van der Waals surface area contributed by atoms with Gasteiger partial charge in [-0.25, -0.2) is 4.98 Å². The normalized spacial score (nSPS) is 13.1. The standard InChI is InChI=1S/C14H16N2S.ClH/c1-9(2)13-16-12-8-7-10-5-3-4-6-11(10)15-14(12)17-13;/h3-6,9,15H,7-8H2,1-2H3;1H. The molecule has 1 aromatic carbocycles. The van der Waals surface area contributed by atoms with Gasteiger partial charge in [-0.1, -0.05) is 32.0 Å². The van der Waals surface area contributed by atoms with Gasteiger partial charge in [0, 0.05) is 11.6 Å². The highest BCUT2D eigenvalue weighted by molar-refractivity contribution is 7.16. The molecule has 0 saturated heterocycles. The first-order valence-electron chi connectivity index (χ1n) is 6.08. The minimum atomic E-state index is 0. The van der Waals surface area contributed by atoms with Crippen LogP contribution in [0.15, 0.2) is 24.3 Å². The van der Waals surface area contributed by atoms with Crippen molar-refractivity contribution in [3.05, 3.63) is 40.5 Å². The number of fused-ring (bicyclic) bond motifs is 2. The summed E-state index contributed by atoms with van der Waals surface area (Å²) in [5.41, 5.74) is 3.86. The zero-order chi connectivity index (χ0) is 11.8. The summed E-state index contributed by atoms with van der Waals surface area (Å²) < 4.78 is 0. The Bertz CT molecular complexity index is 548. The highest BCUT2D eigenvalue weighted by Crippen LogP contribution is 2.36. The summed E-state index contributed by atoms with van der Waals surface area (Å²) in [7, 11) is 0. The molecule has 2 nitrogen and oxygen atoms in total. The fraction of sp³-hybridized carbons (Fsp3) is 0.357. The summed E-state index contributed by atoms with van der Waals surface area (Å²) in [5, 5.41) is 6.01. The monoisotopic (exact) mass is 280 g/mol. The summed E-state index contributed by atoms with van der Waals surface area (Å²) in [6.45, 7) is 4.40. The molecule has 1 aliphatic heterocycles. The molecule has 2 aromatic rings. The van der Waals surface area contributed by atoms with Crippen molar-refractivity contribution in [3.8, 4) is 0 Å². The molecule has 2 heterocycles. The zero-order valence-corrected chi connectivity index (χ0v) is 12.2. The lowest BCUT2D eigenvalue weighted by atomic mass is 10.1. The molecule has 0 fully saturated rings. The van der Waals surface area contributed by atoms with Crippen LogP contribution in [0.1, 0.15) is 36.0 Å². The number of hydrogen-bond donors (Lipinski definition) is 1. The molecule has 1 N–H and O–H groups in total. The fourth-order valence-electron chi connectivity index (χ4n) is 2.12. The van der Waals surface area contributed by atoms with Crippen molar-refractivity contribution in [2.24, 2.45) is 0 Å². The number of aromatic nitrogens is 1. The van der Waals surface area contributed by atoms with Gasteiger partial charge in [0.2, 0.25) is 0 Å². The minimum Gasteiger partial charge on any atom is -0.345 e. The number of aryl methyl sites for hydroxylation is 2. The molecule has 96 valence electrons. The van der Waals surface area contributed by atoms with Crippen LogP contribution in [-0.4, -0.2) is 4.98 Å². The maximum absolute atomic E-state index is 4.75. The third kappa shape index (κ3) is 2.38. The number of halogens is 1. The second kappa shape index (κ2) is 5.29. The fourth-order valence-corrected chi connectivity index (χ4v) is 3.15. The van der Waals surface area contributed by atoms with E-state index in [2.05, 4.69) is 43.4 Å². The van der Waals surface area contributed by atoms with E-state index in [1.54, 1.807) is 11.3 Å². The summed E-state index contributed by atoms with van der Waals surface area (Å²) in [6, 6.07) is 8.54. The van der Waals surface area contributed by atoms with Crippen LogP contribution < -0.4 is 5.32 Å². The Morgan fingerprint density at radius 2 is 2.00 bits per heavy atom. The molecular weight excluding hydrogens is 264 g/mol. The molecule has 0 bridgehead atoms. The number of hydrogen-bond acceptors (Lipinski definition) is 3. The van der Waals surface area contributed by atoms with Gasteiger partial charge < -0.3 is 5.32 Å². The van der Waals surface area contributed by atoms with E-state index in [4.69, 9.17) is 4.98 Å². The predicted octanol–water partition coefficient (Wildman–Crippen LogP) is 4.53. The number of nitrogens with one attached hydrogen (secondary N) is 1. The van der Waals surface area contributed by atoms with Crippen LogP contribution in [0.5, 0.6) is 0 Å². The summed E-state index contributed by atoms with van der Waals surface area (Å²) in [5.74, 6) is 0.518. The highest BCUT2D eigenvalue weighted by atomic mass is 35.5. The first-order valence-corrected chi connectivity index (χ1v) is 6.90. The number of nitrogens with zero attached hydrogens (tertiary/aromatic N) is 1. The number of rotatable bonds is 1. The molecule has 0 amide bonds. The van der Waals surface area contributed by atoms with Crippen molar-refractivity contribution in [2.75, 3.05) is 5.32 Å². The topological polar surface area (TPSA) is 24.9 Å². The van der Waals surface area contributed by atoms with Gasteiger partial charge in [-0.2, -0.15) is 0 Å². The molecular formula is C14H17ClN2S. The molecule has 0 radical (unpaired) electrons. The Hall–Kier alpha value is -1.06. The maximum atomic E-state index is 4.75. The quantitative estimate of drug-likeness (QED) is 0.830. The number of para-hydroxylation sites is 1. The van der Waals surface area contributed by atoms with Gasteiger partial charge in [0.25, 0.3) is 0 Å². The van der Waals surface area contributed by atoms with Crippen molar-refractivity contribution in [2.45, 2.75) is 32.6 Å². The lowest BCUT2D eigenvalue weighted by Crippen LogP contribution is -1.92. The maximum Gasteiger partial charge on any atom is 0.116 e. The van der Waals surface area contributed by atoms with Crippen LogP contribution >= 0.6 is 23.7 Å². The van der Waals surface area contributed by atoms with Crippen LogP contribution in [0.4, 0.5) is 10.7 Å². The Morgan fingerprint density at radius 3 is 2.78 bits per heavy atom. The van der Waals surface area contributed by atoms with Gasteiger partial charge >= 0.3 is 0 Å². The van der Waals surface area contributed by atoms with Crippen molar-refractivity contribution in [1.29, 1.82) is 0 Å². The third-order valence-electron chi connectivity index (χ3n) is 3.10. The molecule has 4 heteroatoms. The van der Waals surface area contributed by atoms with Crippen molar-refractivity contribution in [1.82, 2.24) is 4.98 Å². The molecule has 0 spiro atoms. The number of thiazole rings is 1. The van der Waals surface area contributed by atoms with Gasteiger partial charge in [0.1, 0.15) is 5.00 Å². The Labute approximate surface area is 118 Å². The van der Waals surface area contributed by atoms with Crippen molar-refractivity contribution < 1.29 is 0 Å². The second-order valence-corrected chi connectivity index (χ2v) is 5.80. The molecule has 18 heavy (non-hydrogen) atoms. The highest BCUT2D eigenvalue weighted by Gasteiger charge is 2.17. The lowest BCUT2D eigenvalue weighted by molar-refractivity contribution is 0.831.